The molecule has 0 atom stereocenters. The van der Waals surface area contributed by atoms with Gasteiger partial charge in [-0.05, 0) is 37.6 Å². The van der Waals surface area contributed by atoms with E-state index in [1.807, 2.05) is 0 Å². The molecule has 2 heterocycles. The minimum absolute atomic E-state index is 0.0358. The van der Waals surface area contributed by atoms with Crippen LogP contribution in [0.2, 0.25) is 0 Å². The van der Waals surface area contributed by atoms with Crippen LogP contribution in [0.25, 0.3) is 0 Å². The summed E-state index contributed by atoms with van der Waals surface area (Å²) < 4.78 is 49.5. The quantitative estimate of drug-likeness (QED) is 0.500. The highest BCUT2D eigenvalue weighted by Gasteiger charge is 2.33. The molecule has 130 valence electrons. The lowest BCUT2D eigenvalue weighted by Crippen LogP contribution is -2.34. The maximum atomic E-state index is 13.0. The topological polar surface area (TPSA) is 55.4 Å². The van der Waals surface area contributed by atoms with Crippen LogP contribution < -0.4 is 15.4 Å². The lowest BCUT2D eigenvalue weighted by molar-refractivity contribution is -0.141. The number of rotatable bonds is 7. The van der Waals surface area contributed by atoms with Gasteiger partial charge in [0, 0.05) is 19.2 Å². The number of alkyl halides is 3. The summed E-state index contributed by atoms with van der Waals surface area (Å²) in [4.78, 5) is 3.62. The van der Waals surface area contributed by atoms with E-state index in [9.17, 15) is 13.2 Å². The van der Waals surface area contributed by atoms with E-state index in [0.29, 0.717) is 25.3 Å². The second-order valence-electron chi connectivity index (χ2n) is 5.25. The molecule has 0 aromatic carbocycles. The maximum Gasteiger partial charge on any atom is 0.433 e. The van der Waals surface area contributed by atoms with E-state index in [4.69, 9.17) is 7.80 Å². The van der Waals surface area contributed by atoms with Crippen LogP contribution in [-0.2, 0) is 15.8 Å². The number of piperidine rings is 1. The Morgan fingerprint density at radius 3 is 2.70 bits per heavy atom. The van der Waals surface area contributed by atoms with Crippen LogP contribution >= 0.6 is 23.0 Å². The van der Waals surface area contributed by atoms with E-state index in [1.54, 1.807) is 29.1 Å². The number of hydrogen-bond acceptors (Lipinski definition) is 5. The van der Waals surface area contributed by atoms with Crippen LogP contribution in [0.1, 0.15) is 24.1 Å². The van der Waals surface area contributed by atoms with Gasteiger partial charge in [-0.1, -0.05) is 0 Å². The van der Waals surface area contributed by atoms with E-state index in [2.05, 4.69) is 15.6 Å². The fraction of sp³-hybridized carbons (Fsp3) is 0.643. The zero-order valence-corrected chi connectivity index (χ0v) is 14.6. The fourth-order valence-corrected chi connectivity index (χ4v) is 2.51. The van der Waals surface area contributed by atoms with Crippen molar-refractivity contribution < 1.29 is 21.0 Å². The first-order valence-corrected chi connectivity index (χ1v) is 8.27. The summed E-state index contributed by atoms with van der Waals surface area (Å²) in [6.45, 7) is 2.93. The smallest absolute Gasteiger partial charge is 0.433 e. The standard InChI is InChI=1S/C14H19F3IN3O2/c15-14(16,17)12-7-10(9-20-5-6-22-18)8-13(21-12)23-11-1-3-19-4-2-11/h7-8,11,19-20H,1-6,9H2. The van der Waals surface area contributed by atoms with Gasteiger partial charge in [0.25, 0.3) is 0 Å². The molecule has 0 unspecified atom stereocenters. The van der Waals surface area contributed by atoms with Crippen molar-refractivity contribution in [2.24, 2.45) is 0 Å². The van der Waals surface area contributed by atoms with Crippen LogP contribution in [0.3, 0.4) is 0 Å². The van der Waals surface area contributed by atoms with Crippen molar-refractivity contribution in [2.75, 3.05) is 26.2 Å². The van der Waals surface area contributed by atoms with Crippen molar-refractivity contribution in [1.82, 2.24) is 15.6 Å². The molecule has 0 radical (unpaired) electrons. The molecule has 2 N–H and O–H groups in total. The van der Waals surface area contributed by atoms with Gasteiger partial charge >= 0.3 is 6.18 Å². The second kappa shape index (κ2) is 9.00. The van der Waals surface area contributed by atoms with Gasteiger partial charge in [-0.15, -0.1) is 0 Å². The van der Waals surface area contributed by atoms with Crippen molar-refractivity contribution in [3.8, 4) is 5.88 Å². The SMILES string of the molecule is FC(F)(F)c1cc(CNCCOI)cc(OC2CCNCC2)n1. The van der Waals surface area contributed by atoms with Crippen molar-refractivity contribution in [3.63, 3.8) is 0 Å². The van der Waals surface area contributed by atoms with Crippen LogP contribution in [0.5, 0.6) is 5.88 Å². The Balaban J connectivity index is 2.08. The van der Waals surface area contributed by atoms with Gasteiger partial charge < -0.3 is 18.4 Å². The molecule has 23 heavy (non-hydrogen) atoms. The molecule has 1 aromatic rings. The van der Waals surface area contributed by atoms with Crippen molar-refractivity contribution in [2.45, 2.75) is 31.7 Å². The minimum Gasteiger partial charge on any atom is -0.474 e. The Bertz CT molecular complexity index is 497. The number of nitrogens with one attached hydrogen (secondary N) is 2. The van der Waals surface area contributed by atoms with Gasteiger partial charge in [-0.25, -0.2) is 4.98 Å². The molecule has 0 aliphatic carbocycles. The highest BCUT2D eigenvalue weighted by atomic mass is 127. The Hall–Kier alpha value is -0.650. The van der Waals surface area contributed by atoms with Crippen molar-refractivity contribution >= 4 is 23.0 Å². The van der Waals surface area contributed by atoms with Gasteiger partial charge in [0.2, 0.25) is 5.88 Å². The van der Waals surface area contributed by atoms with Gasteiger partial charge in [-0.2, -0.15) is 13.2 Å². The fourth-order valence-electron chi connectivity index (χ4n) is 2.29. The van der Waals surface area contributed by atoms with E-state index < -0.39 is 11.9 Å². The predicted octanol–water partition coefficient (Wildman–Crippen LogP) is 2.69. The normalized spacial score (nSPS) is 16.5. The Kier molecular flexibility index (Phi) is 7.31. The third-order valence-electron chi connectivity index (χ3n) is 3.41. The summed E-state index contributed by atoms with van der Waals surface area (Å²) in [5, 5.41) is 6.21. The zero-order chi connectivity index (χ0) is 16.7. The molecule has 5 nitrogen and oxygen atoms in total. The molecule has 1 aromatic heterocycles. The predicted molar refractivity (Wildman–Crippen MR) is 87.4 cm³/mol. The third kappa shape index (κ3) is 6.40. The van der Waals surface area contributed by atoms with Gasteiger partial charge in [0.05, 0.1) is 6.61 Å². The number of ether oxygens (including phenoxy) is 1. The van der Waals surface area contributed by atoms with Crippen molar-refractivity contribution in [3.05, 3.63) is 23.4 Å². The van der Waals surface area contributed by atoms with Crippen molar-refractivity contribution in [1.29, 1.82) is 0 Å². The lowest BCUT2D eigenvalue weighted by atomic mass is 10.1. The van der Waals surface area contributed by atoms with Crippen LogP contribution in [0.15, 0.2) is 12.1 Å². The lowest BCUT2D eigenvalue weighted by Gasteiger charge is -2.24. The Morgan fingerprint density at radius 2 is 2.04 bits per heavy atom. The van der Waals surface area contributed by atoms with E-state index >= 15 is 0 Å². The van der Waals surface area contributed by atoms with E-state index in [1.165, 1.54) is 0 Å². The second-order valence-corrected chi connectivity index (χ2v) is 5.88. The molecule has 9 heteroatoms. The largest absolute Gasteiger partial charge is 0.474 e. The number of aromatic nitrogens is 1. The number of halogens is 4. The zero-order valence-electron chi connectivity index (χ0n) is 12.5. The van der Waals surface area contributed by atoms with Crippen LogP contribution in [0, 0.1) is 0 Å². The molecule has 0 bridgehead atoms. The van der Waals surface area contributed by atoms with Crippen LogP contribution in [0.4, 0.5) is 13.2 Å². The summed E-state index contributed by atoms with van der Waals surface area (Å²) in [5.74, 6) is 0.0358. The summed E-state index contributed by atoms with van der Waals surface area (Å²) in [5.41, 5.74) is -0.435. The minimum atomic E-state index is -4.49. The van der Waals surface area contributed by atoms with Gasteiger partial charge in [0.15, 0.2) is 0 Å². The molecule has 0 spiro atoms. The monoisotopic (exact) mass is 445 g/mol. The van der Waals surface area contributed by atoms with E-state index in [-0.39, 0.29) is 12.0 Å². The molecule has 1 fully saturated rings. The highest BCUT2D eigenvalue weighted by Crippen LogP contribution is 2.30. The molecule has 0 saturated carbocycles. The molecule has 1 saturated heterocycles. The molecule has 0 amide bonds. The summed E-state index contributed by atoms with van der Waals surface area (Å²) in [7, 11) is 0. The van der Waals surface area contributed by atoms with Crippen LogP contribution in [-0.4, -0.2) is 37.3 Å². The number of nitrogens with zero attached hydrogens (tertiary/aromatic N) is 1. The summed E-state index contributed by atoms with van der Waals surface area (Å²) >= 11 is 1.77. The maximum absolute atomic E-state index is 13.0. The Labute approximate surface area is 147 Å². The molecule has 2 rings (SSSR count). The molecule has 1 aliphatic heterocycles. The first-order valence-electron chi connectivity index (χ1n) is 7.39. The van der Waals surface area contributed by atoms with Gasteiger partial charge in [0.1, 0.15) is 34.8 Å². The average molecular weight is 445 g/mol. The molecular formula is C14H19F3IN3O2. The Morgan fingerprint density at radius 1 is 1.30 bits per heavy atom. The molecular weight excluding hydrogens is 426 g/mol. The number of pyridine rings is 1. The first-order chi connectivity index (χ1) is 11.0. The average Bonchev–Trinajstić information content (AvgIpc) is 2.51. The summed E-state index contributed by atoms with van der Waals surface area (Å²) in [6.07, 6.45) is -3.06. The van der Waals surface area contributed by atoms with Gasteiger partial charge in [-0.3, -0.25) is 0 Å². The number of hydrogen-bond donors (Lipinski definition) is 2. The molecule has 1 aliphatic rings. The first kappa shape index (κ1) is 18.7. The highest BCUT2D eigenvalue weighted by molar-refractivity contribution is 14.1. The third-order valence-corrected chi connectivity index (χ3v) is 3.85. The van der Waals surface area contributed by atoms with E-state index in [0.717, 1.165) is 32.0 Å². The summed E-state index contributed by atoms with van der Waals surface area (Å²) in [6, 6.07) is 2.61.